The summed E-state index contributed by atoms with van der Waals surface area (Å²) < 4.78 is 0.385. The van der Waals surface area contributed by atoms with E-state index in [1.807, 2.05) is 0 Å². The van der Waals surface area contributed by atoms with Gasteiger partial charge < -0.3 is 5.11 Å². The molecule has 3 nitrogen and oxygen atoms in total. The minimum atomic E-state index is -1.15. The topological polar surface area (TPSA) is 49.3 Å². The van der Waals surface area contributed by atoms with Gasteiger partial charge in [-0.1, -0.05) is 23.2 Å². The van der Waals surface area contributed by atoms with E-state index in [-0.39, 0.29) is 5.02 Å². The Bertz CT molecular complexity index is 286. The zero-order valence-electron chi connectivity index (χ0n) is 5.10. The van der Waals surface area contributed by atoms with Crippen molar-refractivity contribution in [1.82, 2.24) is 0 Å². The van der Waals surface area contributed by atoms with Crippen LogP contribution in [0.15, 0.2) is 5.38 Å². The predicted molar refractivity (Wildman–Crippen MR) is 46.0 cm³/mol. The molecule has 0 aliphatic heterocycles. The van der Waals surface area contributed by atoms with Crippen LogP contribution in [0.1, 0.15) is 0 Å². The molecular weight excluding hydrogens is 209 g/mol. The largest absolute Gasteiger partial charge is 0.465 e. The maximum absolute atomic E-state index is 10.1. The first-order valence-corrected chi connectivity index (χ1v) is 4.17. The first-order chi connectivity index (χ1) is 5.11. The summed E-state index contributed by atoms with van der Waals surface area (Å²) in [6.45, 7) is 0. The molecule has 1 aromatic heterocycles. The van der Waals surface area contributed by atoms with Crippen molar-refractivity contribution in [2.45, 2.75) is 0 Å². The summed E-state index contributed by atoms with van der Waals surface area (Å²) in [5.74, 6) is 0. The van der Waals surface area contributed by atoms with E-state index in [0.717, 1.165) is 0 Å². The molecule has 60 valence electrons. The van der Waals surface area contributed by atoms with Gasteiger partial charge in [0.15, 0.2) is 0 Å². The molecule has 0 aliphatic rings. The third-order valence-electron chi connectivity index (χ3n) is 0.931. The standard InChI is InChI=1S/C5H3Cl2NO2S/c6-3-2(8-5(9)10)1-11-4(3)7/h1,8H,(H,9,10). The Morgan fingerprint density at radius 2 is 2.27 bits per heavy atom. The lowest BCUT2D eigenvalue weighted by Gasteiger charge is -1.95. The van der Waals surface area contributed by atoms with Gasteiger partial charge >= 0.3 is 6.09 Å². The molecule has 0 atom stereocenters. The van der Waals surface area contributed by atoms with Gasteiger partial charge in [0.2, 0.25) is 0 Å². The first-order valence-electron chi connectivity index (χ1n) is 2.53. The number of amides is 1. The lowest BCUT2D eigenvalue weighted by Crippen LogP contribution is -2.06. The molecule has 0 spiro atoms. The molecule has 1 heterocycles. The quantitative estimate of drug-likeness (QED) is 0.751. The molecule has 0 fully saturated rings. The van der Waals surface area contributed by atoms with Gasteiger partial charge in [-0.25, -0.2) is 4.79 Å². The van der Waals surface area contributed by atoms with Gasteiger partial charge in [0.1, 0.15) is 4.34 Å². The number of hydrogen-bond acceptors (Lipinski definition) is 2. The second-order valence-electron chi connectivity index (χ2n) is 1.67. The van der Waals surface area contributed by atoms with E-state index < -0.39 is 6.09 Å². The van der Waals surface area contributed by atoms with Crippen LogP contribution >= 0.6 is 34.5 Å². The molecule has 2 N–H and O–H groups in total. The normalized spacial score (nSPS) is 9.64. The zero-order chi connectivity index (χ0) is 8.43. The van der Waals surface area contributed by atoms with Crippen LogP contribution in [-0.4, -0.2) is 11.2 Å². The number of nitrogens with one attached hydrogen (secondary N) is 1. The van der Waals surface area contributed by atoms with Gasteiger partial charge in [0.25, 0.3) is 0 Å². The highest BCUT2D eigenvalue weighted by Crippen LogP contribution is 2.35. The van der Waals surface area contributed by atoms with Crippen molar-refractivity contribution < 1.29 is 9.90 Å². The lowest BCUT2D eigenvalue weighted by molar-refractivity contribution is 0.210. The number of halogens is 2. The van der Waals surface area contributed by atoms with Gasteiger partial charge in [0, 0.05) is 5.38 Å². The smallest absolute Gasteiger partial charge is 0.409 e. The monoisotopic (exact) mass is 211 g/mol. The molecule has 0 bridgehead atoms. The summed E-state index contributed by atoms with van der Waals surface area (Å²) in [4.78, 5) is 10.1. The Labute approximate surface area is 76.5 Å². The van der Waals surface area contributed by atoms with E-state index in [4.69, 9.17) is 28.3 Å². The molecular formula is C5H3Cl2NO2S. The number of carboxylic acid groups (broad SMARTS) is 1. The van der Waals surface area contributed by atoms with Crippen LogP contribution in [0.3, 0.4) is 0 Å². The fraction of sp³-hybridized carbons (Fsp3) is 0. The molecule has 1 amide bonds. The van der Waals surface area contributed by atoms with Crippen LogP contribution in [0.4, 0.5) is 10.5 Å². The van der Waals surface area contributed by atoms with Crippen LogP contribution in [0.5, 0.6) is 0 Å². The Hall–Kier alpha value is -0.450. The highest BCUT2D eigenvalue weighted by molar-refractivity contribution is 7.15. The van der Waals surface area contributed by atoms with Crippen molar-refractivity contribution in [3.05, 3.63) is 14.7 Å². The summed E-state index contributed by atoms with van der Waals surface area (Å²) in [6, 6.07) is 0. The molecule has 0 aliphatic carbocycles. The van der Waals surface area contributed by atoms with Crippen LogP contribution < -0.4 is 5.32 Å². The second-order valence-corrected chi connectivity index (χ2v) is 3.53. The third-order valence-corrected chi connectivity index (χ3v) is 2.75. The van der Waals surface area contributed by atoms with Crippen LogP contribution in [0, 0.1) is 0 Å². The van der Waals surface area contributed by atoms with E-state index in [2.05, 4.69) is 5.32 Å². The molecule has 1 aromatic rings. The first kappa shape index (κ1) is 8.64. The van der Waals surface area contributed by atoms with Crippen molar-refractivity contribution >= 4 is 46.3 Å². The Morgan fingerprint density at radius 3 is 2.64 bits per heavy atom. The molecule has 11 heavy (non-hydrogen) atoms. The minimum absolute atomic E-state index is 0.249. The van der Waals surface area contributed by atoms with Gasteiger partial charge in [-0.05, 0) is 0 Å². The van der Waals surface area contributed by atoms with Gasteiger partial charge in [-0.2, -0.15) is 0 Å². The van der Waals surface area contributed by atoms with Crippen molar-refractivity contribution in [3.8, 4) is 0 Å². The molecule has 0 aromatic carbocycles. The van der Waals surface area contributed by atoms with Crippen molar-refractivity contribution in [3.63, 3.8) is 0 Å². The Balaban J connectivity index is 2.87. The van der Waals surface area contributed by atoms with Gasteiger partial charge in [0.05, 0.1) is 10.7 Å². The second kappa shape index (κ2) is 3.30. The molecule has 0 saturated carbocycles. The molecule has 1 rings (SSSR count). The minimum Gasteiger partial charge on any atom is -0.465 e. The van der Waals surface area contributed by atoms with Crippen LogP contribution in [0.2, 0.25) is 9.36 Å². The van der Waals surface area contributed by atoms with Gasteiger partial charge in [-0.3, -0.25) is 5.32 Å². The van der Waals surface area contributed by atoms with E-state index in [9.17, 15) is 4.79 Å². The SMILES string of the molecule is O=C(O)Nc1csc(Cl)c1Cl. The average Bonchev–Trinajstić information content (AvgIpc) is 2.18. The van der Waals surface area contributed by atoms with Crippen LogP contribution in [-0.2, 0) is 0 Å². The highest BCUT2D eigenvalue weighted by atomic mass is 35.5. The Kier molecular flexibility index (Phi) is 2.59. The predicted octanol–water partition coefficient (Wildman–Crippen LogP) is 3.14. The highest BCUT2D eigenvalue weighted by Gasteiger charge is 2.08. The maximum atomic E-state index is 10.1. The summed E-state index contributed by atoms with van der Waals surface area (Å²) in [5.41, 5.74) is 0.328. The number of anilines is 1. The maximum Gasteiger partial charge on any atom is 0.409 e. The van der Waals surface area contributed by atoms with Gasteiger partial charge in [-0.15, -0.1) is 11.3 Å². The van der Waals surface area contributed by atoms with E-state index in [1.165, 1.54) is 11.3 Å². The van der Waals surface area contributed by atoms with Crippen molar-refractivity contribution in [2.24, 2.45) is 0 Å². The number of carbonyl (C=O) groups is 1. The summed E-state index contributed by atoms with van der Waals surface area (Å²) in [5, 5.41) is 12.2. The van der Waals surface area contributed by atoms with Crippen LogP contribution in [0.25, 0.3) is 0 Å². The Morgan fingerprint density at radius 1 is 1.64 bits per heavy atom. The number of thiophene rings is 1. The lowest BCUT2D eigenvalue weighted by atomic mass is 10.5. The van der Waals surface area contributed by atoms with E-state index >= 15 is 0 Å². The number of rotatable bonds is 1. The summed E-state index contributed by atoms with van der Waals surface area (Å²) >= 11 is 12.4. The summed E-state index contributed by atoms with van der Waals surface area (Å²) in [7, 11) is 0. The molecule has 0 saturated heterocycles. The van der Waals surface area contributed by atoms with Crippen molar-refractivity contribution in [2.75, 3.05) is 5.32 Å². The van der Waals surface area contributed by atoms with E-state index in [0.29, 0.717) is 10.0 Å². The third kappa shape index (κ3) is 1.99. The summed E-state index contributed by atoms with van der Waals surface area (Å²) in [6.07, 6.45) is -1.15. The average molecular weight is 212 g/mol. The van der Waals surface area contributed by atoms with E-state index in [1.54, 1.807) is 5.38 Å². The zero-order valence-corrected chi connectivity index (χ0v) is 7.43. The molecule has 6 heteroatoms. The fourth-order valence-electron chi connectivity index (χ4n) is 0.520. The molecule has 0 unspecified atom stereocenters. The fourth-order valence-corrected chi connectivity index (χ4v) is 1.67. The molecule has 0 radical (unpaired) electrons. The number of hydrogen-bond donors (Lipinski definition) is 2. The van der Waals surface area contributed by atoms with Crippen molar-refractivity contribution in [1.29, 1.82) is 0 Å².